The topological polar surface area (TPSA) is 78.2 Å². The molecule has 2 fully saturated rings. The van der Waals surface area contributed by atoms with Crippen LogP contribution in [0.15, 0.2) is 0 Å². The smallest absolute Gasteiger partial charge is 0.226 e. The molecule has 2 saturated heterocycles. The van der Waals surface area contributed by atoms with Gasteiger partial charge in [-0.1, -0.05) is 0 Å². The Labute approximate surface area is 108 Å². The number of carbonyl (C=O) groups excluding carboxylic acids is 1. The van der Waals surface area contributed by atoms with E-state index in [1.165, 1.54) is 0 Å². The van der Waals surface area contributed by atoms with Gasteiger partial charge in [0.05, 0.1) is 28.9 Å². The second-order valence-electron chi connectivity index (χ2n) is 5.60. The molecular formula is C12H18N2O3S. The second kappa shape index (κ2) is 4.54. The molecular weight excluding hydrogens is 252 g/mol. The van der Waals surface area contributed by atoms with Crippen molar-refractivity contribution in [3.05, 3.63) is 0 Å². The van der Waals surface area contributed by atoms with Gasteiger partial charge in [-0.05, 0) is 26.2 Å². The maximum atomic E-state index is 12.2. The van der Waals surface area contributed by atoms with Gasteiger partial charge >= 0.3 is 0 Å². The fourth-order valence-electron chi connectivity index (χ4n) is 2.58. The van der Waals surface area contributed by atoms with Crippen molar-refractivity contribution in [1.29, 1.82) is 5.26 Å². The zero-order chi connectivity index (χ0) is 13.4. The number of piperidine rings is 1. The van der Waals surface area contributed by atoms with Crippen LogP contribution in [0, 0.1) is 22.7 Å². The van der Waals surface area contributed by atoms with Gasteiger partial charge in [0.15, 0.2) is 9.84 Å². The van der Waals surface area contributed by atoms with Crippen LogP contribution < -0.4 is 0 Å². The SMILES string of the molecule is CC1(C#N)CCN(C(=O)C2CCS(=O)(=O)C2)CC1. The molecule has 5 nitrogen and oxygen atoms in total. The molecule has 1 unspecified atom stereocenters. The van der Waals surface area contributed by atoms with E-state index in [1.54, 1.807) is 4.90 Å². The van der Waals surface area contributed by atoms with Crippen LogP contribution in [-0.4, -0.2) is 43.8 Å². The first-order valence-corrected chi connectivity index (χ1v) is 8.08. The summed E-state index contributed by atoms with van der Waals surface area (Å²) in [5.41, 5.74) is -0.335. The monoisotopic (exact) mass is 270 g/mol. The first-order valence-electron chi connectivity index (χ1n) is 6.26. The van der Waals surface area contributed by atoms with Crippen LogP contribution in [0.1, 0.15) is 26.2 Å². The van der Waals surface area contributed by atoms with Gasteiger partial charge in [-0.25, -0.2) is 8.42 Å². The van der Waals surface area contributed by atoms with Gasteiger partial charge in [0.1, 0.15) is 0 Å². The van der Waals surface area contributed by atoms with E-state index >= 15 is 0 Å². The van der Waals surface area contributed by atoms with Crippen molar-refractivity contribution in [2.24, 2.45) is 11.3 Å². The van der Waals surface area contributed by atoms with E-state index in [4.69, 9.17) is 5.26 Å². The average molecular weight is 270 g/mol. The maximum absolute atomic E-state index is 12.2. The number of hydrogen-bond donors (Lipinski definition) is 0. The third-order valence-corrected chi connectivity index (χ3v) is 5.80. The van der Waals surface area contributed by atoms with Crippen molar-refractivity contribution in [2.75, 3.05) is 24.6 Å². The van der Waals surface area contributed by atoms with Crippen LogP contribution in [0.2, 0.25) is 0 Å². The number of nitrogens with zero attached hydrogens (tertiary/aromatic N) is 2. The number of nitriles is 1. The molecule has 0 aromatic heterocycles. The number of hydrogen-bond acceptors (Lipinski definition) is 4. The molecule has 2 aliphatic heterocycles. The lowest BCUT2D eigenvalue weighted by Crippen LogP contribution is -2.44. The van der Waals surface area contributed by atoms with Gasteiger partial charge in [0, 0.05) is 13.1 Å². The molecule has 0 N–H and O–H groups in total. The lowest BCUT2D eigenvalue weighted by molar-refractivity contribution is -0.136. The minimum atomic E-state index is -3.01. The number of likely N-dealkylation sites (tertiary alicyclic amines) is 1. The van der Waals surface area contributed by atoms with Crippen molar-refractivity contribution in [3.63, 3.8) is 0 Å². The predicted octanol–water partition coefficient (Wildman–Crippen LogP) is 0.573. The largest absolute Gasteiger partial charge is 0.342 e. The normalized spacial score (nSPS) is 29.8. The van der Waals surface area contributed by atoms with Gasteiger partial charge in [-0.3, -0.25) is 4.79 Å². The summed E-state index contributed by atoms with van der Waals surface area (Å²) in [7, 11) is -3.01. The molecule has 0 saturated carbocycles. The van der Waals surface area contributed by atoms with Crippen LogP contribution >= 0.6 is 0 Å². The van der Waals surface area contributed by atoms with Crippen LogP contribution in [-0.2, 0) is 14.6 Å². The summed E-state index contributed by atoms with van der Waals surface area (Å²) in [5.74, 6) is -0.275. The van der Waals surface area contributed by atoms with E-state index in [9.17, 15) is 13.2 Å². The predicted molar refractivity (Wildman–Crippen MR) is 66.3 cm³/mol. The fraction of sp³-hybridized carbons (Fsp3) is 0.833. The third kappa shape index (κ3) is 2.66. The highest BCUT2D eigenvalue weighted by molar-refractivity contribution is 7.91. The lowest BCUT2D eigenvalue weighted by atomic mass is 9.82. The second-order valence-corrected chi connectivity index (χ2v) is 7.83. The molecule has 0 aliphatic carbocycles. The Morgan fingerprint density at radius 2 is 2.00 bits per heavy atom. The summed E-state index contributed by atoms with van der Waals surface area (Å²) >= 11 is 0. The molecule has 2 rings (SSSR count). The van der Waals surface area contributed by atoms with Gasteiger partial charge in [-0.15, -0.1) is 0 Å². The van der Waals surface area contributed by atoms with Gasteiger partial charge in [-0.2, -0.15) is 5.26 Å². The minimum Gasteiger partial charge on any atom is -0.342 e. The molecule has 100 valence electrons. The van der Waals surface area contributed by atoms with E-state index in [2.05, 4.69) is 6.07 Å². The summed E-state index contributed by atoms with van der Waals surface area (Å²) in [4.78, 5) is 13.9. The number of carbonyl (C=O) groups is 1. The Bertz CT molecular complexity index is 484. The van der Waals surface area contributed by atoms with Crippen LogP contribution in [0.25, 0.3) is 0 Å². The molecule has 0 radical (unpaired) electrons. The van der Waals surface area contributed by atoms with E-state index < -0.39 is 9.84 Å². The highest BCUT2D eigenvalue weighted by atomic mass is 32.2. The summed E-state index contributed by atoms with van der Waals surface area (Å²) in [6.45, 7) is 3.05. The number of sulfone groups is 1. The minimum absolute atomic E-state index is 0.00213. The number of amides is 1. The summed E-state index contributed by atoms with van der Waals surface area (Å²) in [6.07, 6.45) is 1.80. The van der Waals surface area contributed by atoms with Crippen molar-refractivity contribution < 1.29 is 13.2 Å². The molecule has 0 aromatic rings. The Morgan fingerprint density at radius 1 is 1.39 bits per heavy atom. The van der Waals surface area contributed by atoms with Crippen molar-refractivity contribution >= 4 is 15.7 Å². The zero-order valence-electron chi connectivity index (χ0n) is 10.6. The van der Waals surface area contributed by atoms with E-state index in [1.807, 2.05) is 6.92 Å². The average Bonchev–Trinajstić information content (AvgIpc) is 2.70. The Kier molecular flexibility index (Phi) is 3.37. The molecule has 0 spiro atoms. The highest BCUT2D eigenvalue weighted by Crippen LogP contribution is 2.31. The van der Waals surface area contributed by atoms with Crippen LogP contribution in [0.5, 0.6) is 0 Å². The van der Waals surface area contributed by atoms with E-state index in [0.29, 0.717) is 32.4 Å². The Hall–Kier alpha value is -1.09. The number of rotatable bonds is 1. The molecule has 1 atom stereocenters. The quantitative estimate of drug-likeness (QED) is 0.698. The highest BCUT2D eigenvalue weighted by Gasteiger charge is 2.38. The summed E-state index contributed by atoms with van der Waals surface area (Å²) in [6, 6.07) is 2.29. The first-order chi connectivity index (χ1) is 8.35. The molecule has 2 aliphatic rings. The van der Waals surface area contributed by atoms with E-state index in [0.717, 1.165) is 0 Å². The van der Waals surface area contributed by atoms with Gasteiger partial charge < -0.3 is 4.90 Å². The van der Waals surface area contributed by atoms with Gasteiger partial charge in [0.25, 0.3) is 0 Å². The molecule has 0 aromatic carbocycles. The van der Waals surface area contributed by atoms with Crippen LogP contribution in [0.4, 0.5) is 0 Å². The first kappa shape index (κ1) is 13.3. The lowest BCUT2D eigenvalue weighted by Gasteiger charge is -2.36. The third-order valence-electron chi connectivity index (χ3n) is 4.03. The van der Waals surface area contributed by atoms with Crippen molar-refractivity contribution in [3.8, 4) is 6.07 Å². The molecule has 6 heteroatoms. The molecule has 18 heavy (non-hydrogen) atoms. The Morgan fingerprint density at radius 3 is 2.44 bits per heavy atom. The Balaban J connectivity index is 1.95. The van der Waals surface area contributed by atoms with E-state index in [-0.39, 0.29) is 28.7 Å². The van der Waals surface area contributed by atoms with Crippen molar-refractivity contribution in [1.82, 2.24) is 4.90 Å². The van der Waals surface area contributed by atoms with Crippen molar-refractivity contribution in [2.45, 2.75) is 26.2 Å². The molecule has 0 bridgehead atoms. The van der Waals surface area contributed by atoms with Gasteiger partial charge in [0.2, 0.25) is 5.91 Å². The maximum Gasteiger partial charge on any atom is 0.226 e. The fourth-order valence-corrected chi connectivity index (χ4v) is 4.31. The summed E-state index contributed by atoms with van der Waals surface area (Å²) in [5, 5.41) is 9.02. The standard InChI is InChI=1S/C12H18N2O3S/c1-12(9-13)3-5-14(6-4-12)11(15)10-2-7-18(16,17)8-10/h10H,2-8H2,1H3. The zero-order valence-corrected chi connectivity index (χ0v) is 11.4. The van der Waals surface area contributed by atoms with Crippen LogP contribution in [0.3, 0.4) is 0 Å². The molecule has 1 amide bonds. The molecule has 2 heterocycles. The summed E-state index contributed by atoms with van der Waals surface area (Å²) < 4.78 is 22.7.